The van der Waals surface area contributed by atoms with Crippen molar-refractivity contribution in [3.63, 3.8) is 0 Å². The number of rotatable bonds is 6. The Balaban J connectivity index is 1.73. The maximum Gasteiger partial charge on any atom is 0.224 e. The molecule has 0 spiro atoms. The fourth-order valence-electron chi connectivity index (χ4n) is 4.76. The molecule has 1 fully saturated rings. The van der Waals surface area contributed by atoms with Gasteiger partial charge in [0.15, 0.2) is 9.84 Å². The molecule has 0 radical (unpaired) electrons. The second-order valence-electron chi connectivity index (χ2n) is 9.01. The van der Waals surface area contributed by atoms with E-state index in [9.17, 15) is 13.2 Å². The summed E-state index contributed by atoms with van der Waals surface area (Å²) >= 11 is 0. The Hall–Kier alpha value is -2.60. The van der Waals surface area contributed by atoms with Gasteiger partial charge in [0.2, 0.25) is 5.91 Å². The van der Waals surface area contributed by atoms with Gasteiger partial charge in [-0.2, -0.15) is 0 Å². The number of anilines is 2. The van der Waals surface area contributed by atoms with Gasteiger partial charge >= 0.3 is 0 Å². The van der Waals surface area contributed by atoms with E-state index in [1.165, 1.54) is 19.3 Å². The van der Waals surface area contributed by atoms with Crippen LogP contribution >= 0.6 is 0 Å². The zero-order valence-electron chi connectivity index (χ0n) is 19.2. The fourth-order valence-corrected chi connectivity index (χ4v) is 6.08. The van der Waals surface area contributed by atoms with Crippen molar-refractivity contribution in [2.75, 3.05) is 22.1 Å². The zero-order valence-corrected chi connectivity index (χ0v) is 20.0. The third kappa shape index (κ3) is 4.08. The molecule has 1 heterocycles. The van der Waals surface area contributed by atoms with Crippen LogP contribution in [0, 0.1) is 5.92 Å². The molecular weight excluding hydrogens is 420 g/mol. The van der Waals surface area contributed by atoms with Crippen molar-refractivity contribution in [3.05, 3.63) is 54.7 Å². The maximum atomic E-state index is 12.4. The first kappa shape index (κ1) is 22.6. The van der Waals surface area contributed by atoms with Gasteiger partial charge in [0.25, 0.3) is 0 Å². The van der Waals surface area contributed by atoms with E-state index in [-0.39, 0.29) is 17.7 Å². The predicted molar refractivity (Wildman–Crippen MR) is 131 cm³/mol. The molecule has 5 nitrogen and oxygen atoms in total. The van der Waals surface area contributed by atoms with Crippen molar-refractivity contribution >= 4 is 27.1 Å². The van der Waals surface area contributed by atoms with Gasteiger partial charge in [0, 0.05) is 19.2 Å². The number of hydrogen-bond acceptors (Lipinski definition) is 4. The van der Waals surface area contributed by atoms with Crippen LogP contribution < -0.4 is 9.80 Å². The summed E-state index contributed by atoms with van der Waals surface area (Å²) in [5, 5.41) is 0. The van der Waals surface area contributed by atoms with Crippen molar-refractivity contribution in [1.29, 1.82) is 0 Å². The summed E-state index contributed by atoms with van der Waals surface area (Å²) in [6, 6.07) is 13.3. The fraction of sp³-hybridized carbons (Fsp3) is 0.423. The Morgan fingerprint density at radius 3 is 2.28 bits per heavy atom. The Kier molecular flexibility index (Phi) is 6.17. The van der Waals surface area contributed by atoms with Crippen LogP contribution in [0.15, 0.2) is 59.6 Å². The van der Waals surface area contributed by atoms with Gasteiger partial charge < -0.3 is 9.80 Å². The van der Waals surface area contributed by atoms with E-state index >= 15 is 0 Å². The van der Waals surface area contributed by atoms with Gasteiger partial charge in [0.1, 0.15) is 0 Å². The molecule has 0 aromatic heterocycles. The number of nitrogens with zero attached hydrogens (tertiary/aromatic N) is 2. The summed E-state index contributed by atoms with van der Waals surface area (Å²) in [6.07, 6.45) is 4.18. The van der Waals surface area contributed by atoms with E-state index in [2.05, 4.69) is 24.5 Å². The molecule has 0 bridgehead atoms. The minimum Gasteiger partial charge on any atom is -0.342 e. The van der Waals surface area contributed by atoms with Crippen LogP contribution in [-0.4, -0.2) is 32.7 Å². The Labute approximate surface area is 191 Å². The van der Waals surface area contributed by atoms with E-state index in [0.29, 0.717) is 17.2 Å². The Morgan fingerprint density at radius 1 is 1.06 bits per heavy atom. The number of carbonyl (C=O) groups is 1. The highest BCUT2D eigenvalue weighted by Crippen LogP contribution is 2.44. The number of amides is 1. The number of sulfone groups is 1. The van der Waals surface area contributed by atoms with Crippen LogP contribution in [0.3, 0.4) is 0 Å². The molecule has 0 unspecified atom stereocenters. The van der Waals surface area contributed by atoms with Crippen LogP contribution in [0.4, 0.5) is 11.4 Å². The van der Waals surface area contributed by atoms with Gasteiger partial charge in [-0.3, -0.25) is 4.79 Å². The first-order valence-electron chi connectivity index (χ1n) is 11.5. The number of benzene rings is 2. The van der Waals surface area contributed by atoms with Crippen molar-refractivity contribution < 1.29 is 13.2 Å². The number of fused-ring (bicyclic) bond motifs is 1. The van der Waals surface area contributed by atoms with Crippen molar-refractivity contribution in [2.45, 2.75) is 57.4 Å². The van der Waals surface area contributed by atoms with Gasteiger partial charge in [-0.05, 0) is 67.5 Å². The molecule has 2 aromatic carbocycles. The second kappa shape index (κ2) is 8.74. The summed E-state index contributed by atoms with van der Waals surface area (Å²) in [6.45, 7) is 10.7. The molecule has 4 rings (SSSR count). The number of allylic oxidation sites excluding steroid dienone is 1. The molecule has 2 aromatic rings. The molecule has 0 N–H and O–H groups in total. The molecule has 6 heteroatoms. The highest BCUT2D eigenvalue weighted by molar-refractivity contribution is 7.91. The Morgan fingerprint density at radius 2 is 1.72 bits per heavy atom. The SMILES string of the molecule is C=C(C1CCC1)N1C[C@H](C)N(C(C)=O)c2ccc(-c3ccc(S(=O)(=O)CCC)cc3)cc21. The monoisotopic (exact) mass is 452 g/mol. The quantitative estimate of drug-likeness (QED) is 0.588. The number of carbonyl (C=O) groups excluding carboxylic acids is 1. The Bertz CT molecular complexity index is 1130. The van der Waals surface area contributed by atoms with Crippen LogP contribution in [0.2, 0.25) is 0 Å². The number of hydrogen-bond donors (Lipinski definition) is 0. The average Bonchev–Trinajstić information content (AvgIpc) is 2.71. The van der Waals surface area contributed by atoms with E-state index in [1.807, 2.05) is 36.1 Å². The molecule has 1 atom stereocenters. The molecule has 1 saturated carbocycles. The van der Waals surface area contributed by atoms with Crippen LogP contribution in [-0.2, 0) is 14.6 Å². The summed E-state index contributed by atoms with van der Waals surface area (Å²) in [5.74, 6) is 0.694. The average molecular weight is 453 g/mol. The first-order chi connectivity index (χ1) is 15.2. The highest BCUT2D eigenvalue weighted by atomic mass is 32.2. The first-order valence-corrected chi connectivity index (χ1v) is 13.1. The molecule has 2 aliphatic rings. The van der Waals surface area contributed by atoms with Crippen LogP contribution in [0.1, 0.15) is 46.5 Å². The van der Waals surface area contributed by atoms with E-state index in [0.717, 1.165) is 34.7 Å². The molecule has 1 amide bonds. The molecule has 170 valence electrons. The predicted octanol–water partition coefficient (Wildman–Crippen LogP) is 5.41. The standard InChI is InChI=1S/C26H32N2O3S/c1-5-15-32(30,31)24-12-9-22(10-13-24)23-11-14-25-26(16-23)27(19(3)21-7-6-8-21)17-18(2)28(25)20(4)29/h9-14,16,18,21H,3,5-8,15,17H2,1-2,4H3/t18-/m0/s1. The van der Waals surface area contributed by atoms with Crippen molar-refractivity contribution in [1.82, 2.24) is 0 Å². The van der Waals surface area contributed by atoms with Crippen molar-refractivity contribution in [3.8, 4) is 11.1 Å². The smallest absolute Gasteiger partial charge is 0.224 e. The van der Waals surface area contributed by atoms with E-state index < -0.39 is 9.84 Å². The minimum atomic E-state index is -3.24. The lowest BCUT2D eigenvalue weighted by molar-refractivity contribution is -0.117. The largest absolute Gasteiger partial charge is 0.342 e. The normalized spacial score (nSPS) is 18.8. The van der Waals surface area contributed by atoms with Gasteiger partial charge in [-0.25, -0.2) is 8.42 Å². The highest BCUT2D eigenvalue weighted by Gasteiger charge is 2.34. The van der Waals surface area contributed by atoms with E-state index in [4.69, 9.17) is 0 Å². The summed E-state index contributed by atoms with van der Waals surface area (Å²) in [7, 11) is -3.24. The summed E-state index contributed by atoms with van der Waals surface area (Å²) < 4.78 is 24.7. The lowest BCUT2D eigenvalue weighted by Crippen LogP contribution is -2.50. The van der Waals surface area contributed by atoms with Gasteiger partial charge in [-0.15, -0.1) is 0 Å². The third-order valence-electron chi connectivity index (χ3n) is 6.70. The molecule has 1 aliphatic heterocycles. The van der Waals surface area contributed by atoms with Crippen LogP contribution in [0.5, 0.6) is 0 Å². The zero-order chi connectivity index (χ0) is 23.0. The molecule has 1 aliphatic carbocycles. The lowest BCUT2D eigenvalue weighted by atomic mass is 9.82. The van der Waals surface area contributed by atoms with Crippen molar-refractivity contribution in [2.24, 2.45) is 5.92 Å². The summed E-state index contributed by atoms with van der Waals surface area (Å²) in [5.41, 5.74) is 4.97. The lowest BCUT2D eigenvalue weighted by Gasteiger charge is -2.45. The maximum absolute atomic E-state index is 12.4. The molecular formula is C26H32N2O3S. The van der Waals surface area contributed by atoms with Gasteiger partial charge in [0.05, 0.1) is 28.1 Å². The van der Waals surface area contributed by atoms with Gasteiger partial charge in [-0.1, -0.05) is 38.1 Å². The topological polar surface area (TPSA) is 57.7 Å². The van der Waals surface area contributed by atoms with Crippen LogP contribution in [0.25, 0.3) is 11.1 Å². The minimum absolute atomic E-state index is 0.0332. The summed E-state index contributed by atoms with van der Waals surface area (Å²) in [4.78, 5) is 16.9. The molecule has 32 heavy (non-hydrogen) atoms. The molecule has 0 saturated heterocycles. The van der Waals surface area contributed by atoms with E-state index in [1.54, 1.807) is 19.1 Å². The third-order valence-corrected chi connectivity index (χ3v) is 8.63. The second-order valence-corrected chi connectivity index (χ2v) is 11.1.